The van der Waals surface area contributed by atoms with Crippen LogP contribution in [0.2, 0.25) is 0 Å². The number of nitrogens with one attached hydrogen (secondary N) is 4. The van der Waals surface area contributed by atoms with Crippen molar-refractivity contribution >= 4 is 57.4 Å². The molecular weight excluding hydrogens is 518 g/mol. The summed E-state index contributed by atoms with van der Waals surface area (Å²) in [6, 6.07) is 27.8. The van der Waals surface area contributed by atoms with Crippen molar-refractivity contribution in [2.24, 2.45) is 0 Å². The maximum atomic E-state index is 13.1. The number of thioether (sulfide) groups is 1. The molecule has 0 aliphatic carbocycles. The van der Waals surface area contributed by atoms with Gasteiger partial charge in [-0.3, -0.25) is 20.4 Å². The molecule has 2 aliphatic heterocycles. The van der Waals surface area contributed by atoms with Gasteiger partial charge in [-0.1, -0.05) is 78.9 Å². The van der Waals surface area contributed by atoms with Gasteiger partial charge in [0.1, 0.15) is 5.75 Å². The van der Waals surface area contributed by atoms with Crippen LogP contribution in [-0.2, 0) is 14.5 Å². The van der Waals surface area contributed by atoms with Crippen LogP contribution in [0, 0.1) is 0 Å². The van der Waals surface area contributed by atoms with Gasteiger partial charge in [0, 0.05) is 16.8 Å². The lowest BCUT2D eigenvalue weighted by molar-refractivity contribution is -0.138. The van der Waals surface area contributed by atoms with E-state index in [2.05, 4.69) is 21.6 Å². The molecule has 0 radical (unpaired) electrons. The van der Waals surface area contributed by atoms with Crippen LogP contribution in [0.15, 0.2) is 91.0 Å². The SMILES string of the molecule is O=C1CSC2(C(=O)Nc3ccccc32)N1NC(=S)NNC(c1ccccc1)c1c(O)ccc2ccccc12. The highest BCUT2D eigenvalue weighted by molar-refractivity contribution is 8.02. The molecule has 2 unspecified atom stereocenters. The van der Waals surface area contributed by atoms with Crippen LogP contribution in [0.25, 0.3) is 10.8 Å². The van der Waals surface area contributed by atoms with Crippen molar-refractivity contribution in [3.05, 3.63) is 108 Å². The van der Waals surface area contributed by atoms with E-state index in [4.69, 9.17) is 12.2 Å². The highest BCUT2D eigenvalue weighted by Crippen LogP contribution is 2.51. The number of carbonyl (C=O) groups is 2. The van der Waals surface area contributed by atoms with Crippen LogP contribution in [-0.4, -0.2) is 32.8 Å². The molecule has 0 aromatic heterocycles. The van der Waals surface area contributed by atoms with Gasteiger partial charge in [-0.25, -0.2) is 10.4 Å². The molecule has 0 bridgehead atoms. The van der Waals surface area contributed by atoms with Gasteiger partial charge < -0.3 is 10.4 Å². The van der Waals surface area contributed by atoms with Gasteiger partial charge in [0.05, 0.1) is 11.8 Å². The molecule has 4 aromatic rings. The molecule has 1 fully saturated rings. The predicted octanol–water partition coefficient (Wildman–Crippen LogP) is 3.90. The first kappa shape index (κ1) is 24.2. The minimum atomic E-state index is -1.26. The molecule has 4 aromatic carbocycles. The number of benzene rings is 4. The summed E-state index contributed by atoms with van der Waals surface area (Å²) in [5.41, 5.74) is 12.1. The summed E-state index contributed by atoms with van der Waals surface area (Å²) in [5, 5.41) is 17.0. The molecule has 2 amide bonds. The molecule has 38 heavy (non-hydrogen) atoms. The minimum Gasteiger partial charge on any atom is -0.508 e. The van der Waals surface area contributed by atoms with Crippen molar-refractivity contribution in [1.29, 1.82) is 0 Å². The average molecular weight is 542 g/mol. The van der Waals surface area contributed by atoms with Gasteiger partial charge >= 0.3 is 0 Å². The highest BCUT2D eigenvalue weighted by atomic mass is 32.2. The molecule has 1 saturated heterocycles. The summed E-state index contributed by atoms with van der Waals surface area (Å²) >= 11 is 6.81. The smallest absolute Gasteiger partial charge is 0.267 e. The quantitative estimate of drug-likeness (QED) is 0.191. The molecular formula is C28H23N5O3S2. The van der Waals surface area contributed by atoms with E-state index in [9.17, 15) is 14.7 Å². The number of nitrogens with zero attached hydrogens (tertiary/aromatic N) is 1. The van der Waals surface area contributed by atoms with Gasteiger partial charge in [-0.15, -0.1) is 11.8 Å². The maximum Gasteiger partial charge on any atom is 0.267 e. The van der Waals surface area contributed by atoms with Crippen LogP contribution < -0.4 is 21.6 Å². The summed E-state index contributed by atoms with van der Waals surface area (Å²) in [6.45, 7) is 0. The molecule has 5 N–H and O–H groups in total. The summed E-state index contributed by atoms with van der Waals surface area (Å²) in [7, 11) is 0. The monoisotopic (exact) mass is 541 g/mol. The van der Waals surface area contributed by atoms with Crippen molar-refractivity contribution in [2.45, 2.75) is 10.9 Å². The Morgan fingerprint density at radius 1 is 0.974 bits per heavy atom. The fourth-order valence-corrected chi connectivity index (χ4v) is 6.42. The Hall–Kier alpha value is -4.12. The number of amides is 2. The van der Waals surface area contributed by atoms with E-state index >= 15 is 0 Å². The molecule has 10 heteroatoms. The Morgan fingerprint density at radius 3 is 2.55 bits per heavy atom. The summed E-state index contributed by atoms with van der Waals surface area (Å²) < 4.78 is 0. The number of hydrogen-bond donors (Lipinski definition) is 5. The van der Waals surface area contributed by atoms with Gasteiger partial charge in [0.15, 0.2) is 5.11 Å². The predicted molar refractivity (Wildman–Crippen MR) is 152 cm³/mol. The zero-order valence-corrected chi connectivity index (χ0v) is 21.6. The van der Waals surface area contributed by atoms with Crippen LogP contribution in [0.1, 0.15) is 22.7 Å². The number of hydrogen-bond acceptors (Lipinski definition) is 6. The number of rotatable bonds is 5. The lowest BCUT2D eigenvalue weighted by atomic mass is 9.93. The number of thiocarbonyl (C=S) groups is 1. The summed E-state index contributed by atoms with van der Waals surface area (Å²) in [4.78, 5) is 24.8. The van der Waals surface area contributed by atoms with Crippen LogP contribution >= 0.6 is 24.0 Å². The number of para-hydroxylation sites is 1. The number of phenols is 1. The van der Waals surface area contributed by atoms with Gasteiger partial charge in [0.2, 0.25) is 4.87 Å². The van der Waals surface area contributed by atoms with E-state index in [1.807, 2.05) is 84.9 Å². The number of phenolic OH excluding ortho intramolecular Hbond substituents is 1. The second kappa shape index (κ2) is 9.64. The zero-order valence-electron chi connectivity index (χ0n) is 20.0. The van der Waals surface area contributed by atoms with Gasteiger partial charge in [0.25, 0.3) is 11.8 Å². The van der Waals surface area contributed by atoms with Gasteiger partial charge in [-0.05, 0) is 40.7 Å². The van der Waals surface area contributed by atoms with Crippen LogP contribution in [0.3, 0.4) is 0 Å². The third-order valence-corrected chi connectivity index (χ3v) is 8.32. The van der Waals surface area contributed by atoms with E-state index in [0.717, 1.165) is 16.3 Å². The largest absolute Gasteiger partial charge is 0.508 e. The third-order valence-electron chi connectivity index (χ3n) is 6.73. The zero-order chi connectivity index (χ0) is 26.3. The summed E-state index contributed by atoms with van der Waals surface area (Å²) in [5.74, 6) is -0.311. The molecule has 190 valence electrons. The Bertz CT molecular complexity index is 1580. The lowest BCUT2D eigenvalue weighted by Crippen LogP contribution is -2.59. The minimum absolute atomic E-state index is 0.0954. The molecule has 8 nitrogen and oxygen atoms in total. The standard InChI is InChI=1S/C28H23N5O3S2/c34-22-15-14-17-8-4-5-11-19(17)24(22)25(18-9-2-1-3-10-18)30-31-27(37)32-33-23(35)16-38-28(33)20-12-6-7-13-21(20)29-26(28)36/h1-15,25,30,34H,16H2,(H,29,36)(H2,31,32,37). The topological polar surface area (TPSA) is 106 Å². The summed E-state index contributed by atoms with van der Waals surface area (Å²) in [6.07, 6.45) is 0. The van der Waals surface area contributed by atoms with Gasteiger partial charge in [-0.2, -0.15) is 0 Å². The van der Waals surface area contributed by atoms with E-state index in [0.29, 0.717) is 16.8 Å². The molecule has 2 heterocycles. The van der Waals surface area contributed by atoms with Crippen LogP contribution in [0.4, 0.5) is 5.69 Å². The fourth-order valence-electron chi connectivity index (χ4n) is 5.02. The number of hydrazine groups is 2. The lowest BCUT2D eigenvalue weighted by Gasteiger charge is -2.33. The molecule has 6 rings (SSSR count). The second-order valence-electron chi connectivity index (χ2n) is 8.94. The first-order chi connectivity index (χ1) is 18.5. The van der Waals surface area contributed by atoms with E-state index in [1.54, 1.807) is 6.07 Å². The average Bonchev–Trinajstić information content (AvgIpc) is 3.42. The maximum absolute atomic E-state index is 13.1. The number of carbonyl (C=O) groups excluding carboxylic acids is 2. The van der Waals surface area contributed by atoms with Crippen molar-refractivity contribution in [2.75, 3.05) is 11.1 Å². The highest BCUT2D eigenvalue weighted by Gasteiger charge is 2.58. The van der Waals surface area contributed by atoms with E-state index in [1.165, 1.54) is 16.8 Å². The molecule has 1 spiro atoms. The van der Waals surface area contributed by atoms with Crippen LogP contribution in [0.5, 0.6) is 5.75 Å². The third kappa shape index (κ3) is 3.94. The first-order valence-corrected chi connectivity index (χ1v) is 13.3. The van der Waals surface area contributed by atoms with E-state index in [-0.39, 0.29) is 28.4 Å². The number of aromatic hydroxyl groups is 1. The molecule has 2 atom stereocenters. The number of anilines is 1. The Morgan fingerprint density at radius 2 is 1.71 bits per heavy atom. The van der Waals surface area contributed by atoms with Crippen molar-refractivity contribution in [3.63, 3.8) is 0 Å². The molecule has 2 aliphatic rings. The van der Waals surface area contributed by atoms with Crippen molar-refractivity contribution in [1.82, 2.24) is 21.3 Å². The van der Waals surface area contributed by atoms with Crippen molar-refractivity contribution < 1.29 is 14.7 Å². The fraction of sp³-hybridized carbons (Fsp3) is 0.107. The molecule has 0 saturated carbocycles. The van der Waals surface area contributed by atoms with Crippen molar-refractivity contribution in [3.8, 4) is 5.75 Å². The first-order valence-electron chi connectivity index (χ1n) is 11.9. The second-order valence-corrected chi connectivity index (χ2v) is 10.5. The Balaban J connectivity index is 1.29. The normalized spacial score (nSPS) is 18.9. The Kier molecular flexibility index (Phi) is 6.15. The van der Waals surface area contributed by atoms with E-state index < -0.39 is 10.9 Å². The Labute approximate surface area is 228 Å². The number of fused-ring (bicyclic) bond motifs is 3.